The van der Waals surface area contributed by atoms with E-state index in [-0.39, 0.29) is 11.3 Å². The molecular formula is C14H13FN2O3. The monoisotopic (exact) mass is 276 g/mol. The van der Waals surface area contributed by atoms with Crippen molar-refractivity contribution in [3.63, 3.8) is 0 Å². The second kappa shape index (κ2) is 5.66. The van der Waals surface area contributed by atoms with E-state index < -0.39 is 16.4 Å². The summed E-state index contributed by atoms with van der Waals surface area (Å²) >= 11 is 0. The van der Waals surface area contributed by atoms with Crippen LogP contribution in [0.4, 0.5) is 10.1 Å². The first-order valence-electron chi connectivity index (χ1n) is 5.92. The number of nitro benzene ring substituents is 1. The van der Waals surface area contributed by atoms with Gasteiger partial charge in [0.05, 0.1) is 11.0 Å². The minimum Gasteiger partial charge on any atom is -0.450 e. The van der Waals surface area contributed by atoms with Crippen molar-refractivity contribution in [1.29, 1.82) is 0 Å². The molecule has 0 saturated heterocycles. The third kappa shape index (κ3) is 2.92. The fourth-order valence-electron chi connectivity index (χ4n) is 1.73. The average Bonchev–Trinajstić information content (AvgIpc) is 2.42. The Balaban J connectivity index is 2.41. The topological polar surface area (TPSA) is 78.4 Å². The Hall–Kier alpha value is -2.47. The fraction of sp³-hybridized carbons (Fsp3) is 0.143. The van der Waals surface area contributed by atoms with Crippen LogP contribution in [-0.2, 0) is 6.54 Å². The van der Waals surface area contributed by atoms with Crippen LogP contribution in [0.3, 0.4) is 0 Å². The second-order valence-electron chi connectivity index (χ2n) is 4.28. The normalized spacial score (nSPS) is 10.3. The van der Waals surface area contributed by atoms with Crippen molar-refractivity contribution in [2.75, 3.05) is 0 Å². The van der Waals surface area contributed by atoms with Gasteiger partial charge in [0.1, 0.15) is 11.6 Å². The van der Waals surface area contributed by atoms with Crippen LogP contribution in [0.1, 0.15) is 11.1 Å². The lowest BCUT2D eigenvalue weighted by Crippen LogP contribution is -1.98. The zero-order valence-corrected chi connectivity index (χ0v) is 10.8. The summed E-state index contributed by atoms with van der Waals surface area (Å²) in [6.07, 6.45) is 0. The highest BCUT2D eigenvalue weighted by Gasteiger charge is 2.19. The molecule has 0 aliphatic rings. The first-order chi connectivity index (χ1) is 9.51. The molecule has 6 heteroatoms. The van der Waals surface area contributed by atoms with Gasteiger partial charge in [-0.05, 0) is 36.2 Å². The molecule has 2 N–H and O–H groups in total. The molecule has 0 aliphatic heterocycles. The van der Waals surface area contributed by atoms with Gasteiger partial charge in [-0.3, -0.25) is 10.1 Å². The Labute approximate surface area is 114 Å². The minimum absolute atomic E-state index is 0.00284. The van der Waals surface area contributed by atoms with Crippen molar-refractivity contribution in [3.8, 4) is 11.5 Å². The minimum atomic E-state index is -0.676. The van der Waals surface area contributed by atoms with Crippen molar-refractivity contribution < 1.29 is 14.1 Å². The molecule has 2 rings (SSSR count). The van der Waals surface area contributed by atoms with E-state index in [9.17, 15) is 14.5 Å². The van der Waals surface area contributed by atoms with Crippen LogP contribution >= 0.6 is 0 Å². The van der Waals surface area contributed by atoms with Gasteiger partial charge in [-0.1, -0.05) is 12.1 Å². The lowest BCUT2D eigenvalue weighted by Gasteiger charge is -2.08. The number of ether oxygens (including phenoxy) is 1. The standard InChI is InChI=1S/C14H13FN2O3/c1-9-5-14(13(17(18)19)7-12(9)15)20-11-4-2-3-10(6-11)8-16/h2-7H,8,16H2,1H3. The molecule has 5 nitrogen and oxygen atoms in total. The highest BCUT2D eigenvalue weighted by Crippen LogP contribution is 2.33. The number of nitrogens with zero attached hydrogens (tertiary/aromatic N) is 1. The largest absolute Gasteiger partial charge is 0.450 e. The number of benzene rings is 2. The molecule has 0 atom stereocenters. The van der Waals surface area contributed by atoms with E-state index in [1.54, 1.807) is 18.2 Å². The summed E-state index contributed by atoms with van der Waals surface area (Å²) in [5.74, 6) is -0.218. The van der Waals surface area contributed by atoms with Gasteiger partial charge in [-0.2, -0.15) is 0 Å². The molecule has 0 radical (unpaired) electrons. The third-order valence-electron chi connectivity index (χ3n) is 2.80. The van der Waals surface area contributed by atoms with E-state index in [4.69, 9.17) is 10.5 Å². The molecule has 0 heterocycles. The summed E-state index contributed by atoms with van der Waals surface area (Å²) in [5, 5.41) is 10.9. The Morgan fingerprint density at radius 3 is 2.75 bits per heavy atom. The van der Waals surface area contributed by atoms with Crippen LogP contribution in [-0.4, -0.2) is 4.92 Å². The van der Waals surface area contributed by atoms with E-state index in [0.717, 1.165) is 11.6 Å². The van der Waals surface area contributed by atoms with Crippen molar-refractivity contribution in [3.05, 3.63) is 63.5 Å². The predicted molar refractivity (Wildman–Crippen MR) is 72.2 cm³/mol. The summed E-state index contributed by atoms with van der Waals surface area (Å²) in [4.78, 5) is 10.3. The fourth-order valence-corrected chi connectivity index (χ4v) is 1.73. The van der Waals surface area contributed by atoms with E-state index in [2.05, 4.69) is 0 Å². The Morgan fingerprint density at radius 2 is 2.10 bits per heavy atom. The van der Waals surface area contributed by atoms with Crippen molar-refractivity contribution in [2.24, 2.45) is 5.73 Å². The zero-order valence-electron chi connectivity index (χ0n) is 10.8. The molecule has 104 valence electrons. The van der Waals surface area contributed by atoms with E-state index in [1.807, 2.05) is 6.07 Å². The van der Waals surface area contributed by atoms with E-state index in [0.29, 0.717) is 12.3 Å². The second-order valence-corrected chi connectivity index (χ2v) is 4.28. The van der Waals surface area contributed by atoms with Crippen LogP contribution in [0.15, 0.2) is 36.4 Å². The van der Waals surface area contributed by atoms with Crippen LogP contribution in [0.2, 0.25) is 0 Å². The van der Waals surface area contributed by atoms with Crippen LogP contribution in [0.5, 0.6) is 11.5 Å². The number of halogens is 1. The molecule has 0 aromatic heterocycles. The van der Waals surface area contributed by atoms with E-state index >= 15 is 0 Å². The van der Waals surface area contributed by atoms with Gasteiger partial charge in [0, 0.05) is 6.54 Å². The molecule has 0 saturated carbocycles. The van der Waals surface area contributed by atoms with Gasteiger partial charge in [-0.25, -0.2) is 4.39 Å². The number of hydrogen-bond donors (Lipinski definition) is 1. The highest BCUT2D eigenvalue weighted by atomic mass is 19.1. The molecule has 0 amide bonds. The van der Waals surface area contributed by atoms with Crippen LogP contribution in [0, 0.1) is 22.9 Å². The predicted octanol–water partition coefficient (Wildman–Crippen LogP) is 3.29. The SMILES string of the molecule is Cc1cc(Oc2cccc(CN)c2)c([N+](=O)[O-])cc1F. The first-order valence-corrected chi connectivity index (χ1v) is 5.92. The Kier molecular flexibility index (Phi) is 3.95. The summed E-state index contributed by atoms with van der Waals surface area (Å²) < 4.78 is 18.9. The summed E-state index contributed by atoms with van der Waals surface area (Å²) in [7, 11) is 0. The Morgan fingerprint density at radius 1 is 1.35 bits per heavy atom. The van der Waals surface area contributed by atoms with Gasteiger partial charge >= 0.3 is 5.69 Å². The Bertz CT molecular complexity index is 659. The molecule has 2 aromatic carbocycles. The van der Waals surface area contributed by atoms with Gasteiger partial charge in [-0.15, -0.1) is 0 Å². The lowest BCUT2D eigenvalue weighted by molar-refractivity contribution is -0.385. The van der Waals surface area contributed by atoms with Crippen molar-refractivity contribution in [1.82, 2.24) is 0 Å². The van der Waals surface area contributed by atoms with Crippen molar-refractivity contribution in [2.45, 2.75) is 13.5 Å². The maximum Gasteiger partial charge on any atom is 0.314 e. The highest BCUT2D eigenvalue weighted by molar-refractivity contribution is 5.51. The van der Waals surface area contributed by atoms with Gasteiger partial charge in [0.15, 0.2) is 0 Å². The summed E-state index contributed by atoms with van der Waals surface area (Å²) in [5.41, 5.74) is 6.23. The molecule has 20 heavy (non-hydrogen) atoms. The van der Waals surface area contributed by atoms with Gasteiger partial charge in [0.2, 0.25) is 5.75 Å². The van der Waals surface area contributed by atoms with Gasteiger partial charge in [0.25, 0.3) is 0 Å². The number of nitro groups is 1. The van der Waals surface area contributed by atoms with Gasteiger partial charge < -0.3 is 10.5 Å². The number of aryl methyl sites for hydroxylation is 1. The van der Waals surface area contributed by atoms with Crippen LogP contribution < -0.4 is 10.5 Å². The number of nitrogens with two attached hydrogens (primary N) is 1. The molecule has 0 bridgehead atoms. The molecular weight excluding hydrogens is 263 g/mol. The van der Waals surface area contributed by atoms with Crippen LogP contribution in [0.25, 0.3) is 0 Å². The molecule has 2 aromatic rings. The first kappa shape index (κ1) is 14.0. The quantitative estimate of drug-likeness (QED) is 0.686. The summed E-state index contributed by atoms with van der Waals surface area (Å²) in [6, 6.07) is 9.06. The maximum atomic E-state index is 13.4. The van der Waals surface area contributed by atoms with E-state index in [1.165, 1.54) is 13.0 Å². The molecule has 0 unspecified atom stereocenters. The molecule has 0 spiro atoms. The summed E-state index contributed by atoms with van der Waals surface area (Å²) in [6.45, 7) is 1.85. The zero-order chi connectivity index (χ0) is 14.7. The molecule has 0 aliphatic carbocycles. The average molecular weight is 276 g/mol. The lowest BCUT2D eigenvalue weighted by atomic mass is 10.2. The molecule has 0 fully saturated rings. The smallest absolute Gasteiger partial charge is 0.314 e. The number of hydrogen-bond acceptors (Lipinski definition) is 4. The third-order valence-corrected chi connectivity index (χ3v) is 2.80. The maximum absolute atomic E-state index is 13.4. The number of rotatable bonds is 4. The van der Waals surface area contributed by atoms with Crippen molar-refractivity contribution >= 4 is 5.69 Å².